The van der Waals surface area contributed by atoms with Gasteiger partial charge >= 0.3 is 0 Å². The molecule has 0 unspecified atom stereocenters. The van der Waals surface area contributed by atoms with Crippen LogP contribution in [0.4, 0.5) is 0 Å². The second kappa shape index (κ2) is 4.83. The molecule has 1 aliphatic rings. The Kier molecular flexibility index (Phi) is 3.16. The van der Waals surface area contributed by atoms with Crippen molar-refractivity contribution in [1.82, 2.24) is 4.31 Å². The van der Waals surface area contributed by atoms with Gasteiger partial charge in [-0.2, -0.15) is 4.31 Å². The molecule has 0 bridgehead atoms. The fraction of sp³-hybridized carbons (Fsp3) is 0.286. The molecule has 0 aliphatic carbocycles. The summed E-state index contributed by atoms with van der Waals surface area (Å²) in [6, 6.07) is 10.5. The standard InChI is InChI=1S/C14H15NO3S/c16-19(17,15-8-1-2-9-15)13-6-3-5-12(11-13)14-7-4-10-18-14/h3-7,10-11H,1-2,8-9H2. The second-order valence-electron chi connectivity index (χ2n) is 4.62. The molecule has 19 heavy (non-hydrogen) atoms. The Morgan fingerprint density at radius 2 is 1.84 bits per heavy atom. The Hall–Kier alpha value is -1.59. The van der Waals surface area contributed by atoms with Crippen LogP contribution in [0.3, 0.4) is 0 Å². The van der Waals surface area contributed by atoms with E-state index in [1.54, 1.807) is 34.8 Å². The van der Waals surface area contributed by atoms with Crippen LogP contribution in [0.2, 0.25) is 0 Å². The molecular formula is C14H15NO3S. The van der Waals surface area contributed by atoms with Crippen LogP contribution in [-0.4, -0.2) is 25.8 Å². The van der Waals surface area contributed by atoms with E-state index in [-0.39, 0.29) is 0 Å². The summed E-state index contributed by atoms with van der Waals surface area (Å²) in [6.07, 6.45) is 3.46. The highest BCUT2D eigenvalue weighted by Gasteiger charge is 2.27. The number of hydrogen-bond acceptors (Lipinski definition) is 3. The van der Waals surface area contributed by atoms with Crippen LogP contribution in [0.1, 0.15) is 12.8 Å². The van der Waals surface area contributed by atoms with Crippen molar-refractivity contribution in [3.8, 4) is 11.3 Å². The first-order valence-corrected chi connectivity index (χ1v) is 7.76. The van der Waals surface area contributed by atoms with E-state index in [0.717, 1.165) is 18.4 Å². The van der Waals surface area contributed by atoms with Gasteiger partial charge in [-0.3, -0.25) is 0 Å². The molecule has 0 atom stereocenters. The minimum Gasteiger partial charge on any atom is -0.464 e. The topological polar surface area (TPSA) is 50.5 Å². The van der Waals surface area contributed by atoms with Gasteiger partial charge in [0.15, 0.2) is 0 Å². The molecule has 0 N–H and O–H groups in total. The Morgan fingerprint density at radius 1 is 1.05 bits per heavy atom. The Morgan fingerprint density at radius 3 is 2.53 bits per heavy atom. The van der Waals surface area contributed by atoms with Gasteiger partial charge < -0.3 is 4.42 Å². The molecule has 1 saturated heterocycles. The molecule has 0 amide bonds. The molecule has 2 aromatic rings. The smallest absolute Gasteiger partial charge is 0.243 e. The maximum Gasteiger partial charge on any atom is 0.243 e. The molecule has 5 heteroatoms. The number of sulfonamides is 1. The van der Waals surface area contributed by atoms with E-state index in [1.165, 1.54) is 0 Å². The minimum atomic E-state index is -3.36. The molecule has 2 heterocycles. The van der Waals surface area contributed by atoms with Crippen molar-refractivity contribution < 1.29 is 12.8 Å². The van der Waals surface area contributed by atoms with E-state index in [4.69, 9.17) is 4.42 Å². The normalized spacial score (nSPS) is 16.8. The molecule has 100 valence electrons. The average Bonchev–Trinajstić information content (AvgIpc) is 3.12. The summed E-state index contributed by atoms with van der Waals surface area (Å²) in [4.78, 5) is 0.336. The van der Waals surface area contributed by atoms with Crippen LogP contribution in [0, 0.1) is 0 Å². The van der Waals surface area contributed by atoms with Gasteiger partial charge in [0.25, 0.3) is 0 Å². The zero-order valence-electron chi connectivity index (χ0n) is 10.5. The molecule has 0 saturated carbocycles. The Labute approximate surface area is 112 Å². The highest BCUT2D eigenvalue weighted by atomic mass is 32.2. The SMILES string of the molecule is O=S(=O)(c1cccc(-c2ccco2)c1)N1CCCC1. The molecule has 4 nitrogen and oxygen atoms in total. The molecule has 1 aliphatic heterocycles. The first kappa shape index (κ1) is 12.4. The van der Waals surface area contributed by atoms with Gasteiger partial charge in [-0.15, -0.1) is 0 Å². The van der Waals surface area contributed by atoms with E-state index in [2.05, 4.69) is 0 Å². The van der Waals surface area contributed by atoms with E-state index in [0.29, 0.717) is 23.7 Å². The van der Waals surface area contributed by atoms with Crippen LogP contribution in [0.25, 0.3) is 11.3 Å². The molecule has 1 aromatic heterocycles. The lowest BCUT2D eigenvalue weighted by molar-refractivity contribution is 0.477. The van der Waals surface area contributed by atoms with Crippen LogP contribution >= 0.6 is 0 Å². The fourth-order valence-corrected chi connectivity index (χ4v) is 3.89. The number of nitrogens with zero attached hydrogens (tertiary/aromatic N) is 1. The van der Waals surface area contributed by atoms with Gasteiger partial charge in [0.1, 0.15) is 5.76 Å². The quantitative estimate of drug-likeness (QED) is 0.866. The van der Waals surface area contributed by atoms with Crippen molar-refractivity contribution in [1.29, 1.82) is 0 Å². The number of furan rings is 1. The first-order chi connectivity index (χ1) is 9.18. The number of hydrogen-bond donors (Lipinski definition) is 0. The average molecular weight is 277 g/mol. The maximum absolute atomic E-state index is 12.5. The zero-order valence-corrected chi connectivity index (χ0v) is 11.3. The van der Waals surface area contributed by atoms with E-state index in [9.17, 15) is 8.42 Å². The minimum absolute atomic E-state index is 0.336. The Bertz CT molecular complexity index is 656. The molecular weight excluding hydrogens is 262 g/mol. The summed E-state index contributed by atoms with van der Waals surface area (Å²) in [7, 11) is -3.36. The molecule has 1 aromatic carbocycles. The Balaban J connectivity index is 1.99. The lowest BCUT2D eigenvalue weighted by Gasteiger charge is -2.15. The lowest BCUT2D eigenvalue weighted by atomic mass is 10.2. The van der Waals surface area contributed by atoms with Gasteiger partial charge in [0.05, 0.1) is 11.2 Å². The van der Waals surface area contributed by atoms with Gasteiger partial charge in [-0.25, -0.2) is 8.42 Å². The summed E-state index contributed by atoms with van der Waals surface area (Å²) in [5.74, 6) is 0.679. The van der Waals surface area contributed by atoms with Crippen molar-refractivity contribution in [3.63, 3.8) is 0 Å². The number of rotatable bonds is 3. The van der Waals surface area contributed by atoms with Gasteiger partial charge in [0, 0.05) is 18.7 Å². The fourth-order valence-electron chi connectivity index (χ4n) is 2.33. The highest BCUT2D eigenvalue weighted by Crippen LogP contribution is 2.26. The monoisotopic (exact) mass is 277 g/mol. The summed E-state index contributed by atoms with van der Waals surface area (Å²) in [5.41, 5.74) is 0.783. The van der Waals surface area contributed by atoms with E-state index in [1.807, 2.05) is 12.1 Å². The molecule has 3 rings (SSSR count). The summed E-state index contributed by atoms with van der Waals surface area (Å²) >= 11 is 0. The van der Waals surface area contributed by atoms with Crippen LogP contribution in [-0.2, 0) is 10.0 Å². The molecule has 0 spiro atoms. The van der Waals surface area contributed by atoms with Crippen molar-refractivity contribution in [2.45, 2.75) is 17.7 Å². The van der Waals surface area contributed by atoms with Gasteiger partial charge in [-0.1, -0.05) is 12.1 Å². The second-order valence-corrected chi connectivity index (χ2v) is 6.55. The predicted molar refractivity (Wildman–Crippen MR) is 72.1 cm³/mol. The third-order valence-corrected chi connectivity index (χ3v) is 5.24. The first-order valence-electron chi connectivity index (χ1n) is 6.32. The van der Waals surface area contributed by atoms with Gasteiger partial charge in [-0.05, 0) is 37.1 Å². The summed E-state index contributed by atoms with van der Waals surface area (Å²) < 4.78 is 31.8. The third kappa shape index (κ3) is 2.31. The van der Waals surface area contributed by atoms with Crippen LogP contribution in [0.15, 0.2) is 52.0 Å². The predicted octanol–water partition coefficient (Wildman–Crippen LogP) is 2.73. The maximum atomic E-state index is 12.5. The van der Waals surface area contributed by atoms with E-state index >= 15 is 0 Å². The largest absolute Gasteiger partial charge is 0.464 e. The van der Waals surface area contributed by atoms with E-state index < -0.39 is 10.0 Å². The van der Waals surface area contributed by atoms with Gasteiger partial charge in [0.2, 0.25) is 10.0 Å². The van der Waals surface area contributed by atoms with Crippen molar-refractivity contribution in [2.75, 3.05) is 13.1 Å². The van der Waals surface area contributed by atoms with Crippen LogP contribution in [0.5, 0.6) is 0 Å². The third-order valence-electron chi connectivity index (χ3n) is 3.34. The van der Waals surface area contributed by atoms with Crippen molar-refractivity contribution >= 4 is 10.0 Å². The summed E-state index contributed by atoms with van der Waals surface area (Å²) in [6.45, 7) is 1.24. The lowest BCUT2D eigenvalue weighted by Crippen LogP contribution is -2.27. The van der Waals surface area contributed by atoms with Crippen molar-refractivity contribution in [3.05, 3.63) is 42.7 Å². The zero-order chi connectivity index (χ0) is 13.3. The molecule has 0 radical (unpaired) electrons. The number of benzene rings is 1. The van der Waals surface area contributed by atoms with Crippen molar-refractivity contribution in [2.24, 2.45) is 0 Å². The highest BCUT2D eigenvalue weighted by molar-refractivity contribution is 7.89. The summed E-state index contributed by atoms with van der Waals surface area (Å²) in [5, 5.41) is 0. The van der Waals surface area contributed by atoms with Crippen LogP contribution < -0.4 is 0 Å². The molecule has 1 fully saturated rings.